The maximum absolute atomic E-state index is 11.9. The molecule has 0 unspecified atom stereocenters. The summed E-state index contributed by atoms with van der Waals surface area (Å²) in [5, 5.41) is 0. The monoisotopic (exact) mass is 312 g/mol. The van der Waals surface area contributed by atoms with Crippen molar-refractivity contribution in [1.82, 2.24) is 0 Å². The van der Waals surface area contributed by atoms with Gasteiger partial charge in [0.2, 0.25) is 0 Å². The number of esters is 1. The third-order valence-corrected chi connectivity index (χ3v) is 3.60. The highest BCUT2D eigenvalue weighted by Crippen LogP contribution is 2.29. The Kier molecular flexibility index (Phi) is 4.53. The molecule has 0 radical (unpaired) electrons. The Morgan fingerprint density at radius 2 is 2.00 bits per heavy atom. The van der Waals surface area contributed by atoms with Gasteiger partial charge in [0.25, 0.3) is 0 Å². The van der Waals surface area contributed by atoms with Crippen molar-refractivity contribution in [3.8, 4) is 17.2 Å². The first-order chi connectivity index (χ1) is 11.2. The molecule has 0 bridgehead atoms. The fraction of sp³-hybridized carbons (Fsp3) is 0.235. The molecule has 1 heterocycles. The zero-order chi connectivity index (χ0) is 16.2. The molecular weight excluding hydrogens is 295 g/mol. The second-order valence-corrected chi connectivity index (χ2v) is 5.11. The van der Waals surface area contributed by atoms with Gasteiger partial charge in [0.1, 0.15) is 22.8 Å². The highest BCUT2D eigenvalue weighted by molar-refractivity contribution is 6.48. The smallest absolute Gasteiger partial charge is 0.341 e. The lowest BCUT2D eigenvalue weighted by Crippen LogP contribution is -2.10. The van der Waals surface area contributed by atoms with E-state index < -0.39 is 5.97 Å². The molecule has 0 saturated carbocycles. The highest BCUT2D eigenvalue weighted by Gasteiger charge is 2.16. The van der Waals surface area contributed by atoms with Crippen molar-refractivity contribution >= 4 is 18.9 Å². The average Bonchev–Trinajstić information content (AvgIpc) is 3.02. The van der Waals surface area contributed by atoms with E-state index >= 15 is 0 Å². The summed E-state index contributed by atoms with van der Waals surface area (Å²) in [4.78, 5) is 11.9. The van der Waals surface area contributed by atoms with E-state index in [2.05, 4.69) is 0 Å². The number of carbonyl (C=O) groups excluding carboxylic acids is 1. The Morgan fingerprint density at radius 3 is 2.78 bits per heavy atom. The maximum atomic E-state index is 11.9. The molecule has 0 atom stereocenters. The molecule has 0 fully saturated rings. The van der Waals surface area contributed by atoms with Crippen LogP contribution in [0.4, 0.5) is 0 Å². The minimum absolute atomic E-state index is 0.317. The van der Waals surface area contributed by atoms with Crippen molar-refractivity contribution in [2.45, 2.75) is 13.5 Å². The number of methoxy groups -OCH3 is 1. The molecule has 118 valence electrons. The van der Waals surface area contributed by atoms with Gasteiger partial charge in [0, 0.05) is 6.07 Å². The molecule has 2 aromatic carbocycles. The van der Waals surface area contributed by atoms with E-state index in [9.17, 15) is 4.79 Å². The van der Waals surface area contributed by atoms with Crippen LogP contribution in [0.15, 0.2) is 36.4 Å². The second kappa shape index (κ2) is 6.75. The van der Waals surface area contributed by atoms with Crippen LogP contribution in [-0.4, -0.2) is 27.2 Å². The predicted octanol–water partition coefficient (Wildman–Crippen LogP) is 2.17. The lowest BCUT2D eigenvalue weighted by molar-refractivity contribution is 0.0522. The average molecular weight is 312 g/mol. The topological polar surface area (TPSA) is 54.0 Å². The molecule has 2 aromatic rings. The fourth-order valence-electron chi connectivity index (χ4n) is 2.46. The summed E-state index contributed by atoms with van der Waals surface area (Å²) < 4.78 is 21.5. The molecule has 5 nitrogen and oxygen atoms in total. The largest absolute Gasteiger partial charge is 0.496 e. The van der Waals surface area contributed by atoms with Crippen LogP contribution in [0, 0.1) is 0 Å². The number of benzene rings is 2. The van der Waals surface area contributed by atoms with Gasteiger partial charge in [-0.1, -0.05) is 6.07 Å². The van der Waals surface area contributed by atoms with Gasteiger partial charge in [0.05, 0.1) is 20.3 Å². The number of carbonyl (C=O) groups is 1. The standard InChI is InChI=1S/C17H17BO5/c1-3-21-17(19)14-6-4-13(9-16(14)20-2)23-12-5-7-15-11(8-12)10-22-18-15/h4-9,18H,3,10H2,1-2H3. The highest BCUT2D eigenvalue weighted by atomic mass is 16.5. The molecule has 0 N–H and O–H groups in total. The summed E-state index contributed by atoms with van der Waals surface area (Å²) in [6, 6.07) is 10.9. The number of fused-ring (bicyclic) bond motifs is 1. The van der Waals surface area contributed by atoms with Gasteiger partial charge in [-0.05, 0) is 42.2 Å². The quantitative estimate of drug-likeness (QED) is 0.625. The molecule has 0 amide bonds. The molecule has 0 spiro atoms. The van der Waals surface area contributed by atoms with Crippen LogP contribution < -0.4 is 14.9 Å². The van der Waals surface area contributed by atoms with E-state index in [1.807, 2.05) is 18.2 Å². The van der Waals surface area contributed by atoms with Gasteiger partial charge in [-0.25, -0.2) is 4.79 Å². The first-order valence-corrected chi connectivity index (χ1v) is 7.44. The number of rotatable bonds is 5. The molecule has 0 aliphatic carbocycles. The number of hydrogen-bond acceptors (Lipinski definition) is 5. The second-order valence-electron chi connectivity index (χ2n) is 5.11. The molecular formula is C17H17BO5. The van der Waals surface area contributed by atoms with Gasteiger partial charge in [-0.3, -0.25) is 0 Å². The fourth-order valence-corrected chi connectivity index (χ4v) is 2.46. The van der Waals surface area contributed by atoms with E-state index in [0.717, 1.165) is 11.3 Å². The third-order valence-electron chi connectivity index (χ3n) is 3.60. The Balaban J connectivity index is 1.82. The Bertz CT molecular complexity index is 729. The Hall–Kier alpha value is -2.47. The van der Waals surface area contributed by atoms with Crippen molar-refractivity contribution in [3.63, 3.8) is 0 Å². The van der Waals surface area contributed by atoms with E-state index in [1.54, 1.807) is 25.1 Å². The molecule has 23 heavy (non-hydrogen) atoms. The van der Waals surface area contributed by atoms with Crippen molar-refractivity contribution < 1.29 is 23.7 Å². The van der Waals surface area contributed by atoms with Crippen LogP contribution in [0.25, 0.3) is 0 Å². The minimum Gasteiger partial charge on any atom is -0.496 e. The van der Waals surface area contributed by atoms with E-state index in [1.165, 1.54) is 12.6 Å². The first-order valence-electron chi connectivity index (χ1n) is 7.44. The van der Waals surface area contributed by atoms with Gasteiger partial charge in [-0.15, -0.1) is 0 Å². The zero-order valence-electron chi connectivity index (χ0n) is 13.1. The van der Waals surface area contributed by atoms with Gasteiger partial charge < -0.3 is 18.9 Å². The Morgan fingerprint density at radius 1 is 1.22 bits per heavy atom. The molecule has 1 aliphatic heterocycles. The summed E-state index contributed by atoms with van der Waals surface area (Å²) in [6.07, 6.45) is 0. The third kappa shape index (κ3) is 3.32. The van der Waals surface area contributed by atoms with Crippen LogP contribution in [-0.2, 0) is 16.0 Å². The molecule has 1 aliphatic rings. The molecule has 3 rings (SSSR count). The van der Waals surface area contributed by atoms with Crippen LogP contribution in [0.5, 0.6) is 17.2 Å². The number of hydrogen-bond donors (Lipinski definition) is 0. The normalized spacial score (nSPS) is 12.3. The predicted molar refractivity (Wildman–Crippen MR) is 87.0 cm³/mol. The zero-order valence-corrected chi connectivity index (χ0v) is 13.1. The van der Waals surface area contributed by atoms with Crippen molar-refractivity contribution in [2.24, 2.45) is 0 Å². The lowest BCUT2D eigenvalue weighted by atomic mass is 9.87. The lowest BCUT2D eigenvalue weighted by Gasteiger charge is -2.11. The first kappa shape index (κ1) is 15.4. The summed E-state index contributed by atoms with van der Waals surface area (Å²) in [5.41, 5.74) is 2.70. The van der Waals surface area contributed by atoms with E-state index in [4.69, 9.17) is 18.9 Å². The maximum Gasteiger partial charge on any atom is 0.341 e. The summed E-state index contributed by atoms with van der Waals surface area (Å²) in [7, 11) is 2.16. The van der Waals surface area contributed by atoms with E-state index in [0.29, 0.717) is 37.8 Å². The van der Waals surface area contributed by atoms with Crippen LogP contribution in [0.2, 0.25) is 0 Å². The van der Waals surface area contributed by atoms with Crippen molar-refractivity contribution in [3.05, 3.63) is 47.5 Å². The molecule has 6 heteroatoms. The van der Waals surface area contributed by atoms with Crippen LogP contribution >= 0.6 is 0 Å². The summed E-state index contributed by atoms with van der Waals surface area (Å²) in [5.74, 6) is 1.32. The van der Waals surface area contributed by atoms with Crippen LogP contribution in [0.3, 0.4) is 0 Å². The van der Waals surface area contributed by atoms with Crippen LogP contribution in [0.1, 0.15) is 22.8 Å². The summed E-state index contributed by atoms with van der Waals surface area (Å²) >= 11 is 0. The summed E-state index contributed by atoms with van der Waals surface area (Å²) in [6.45, 7) is 2.69. The SMILES string of the molecule is CCOC(=O)c1ccc(Oc2ccc3c(c2)COB3)cc1OC. The Labute approximate surface area is 135 Å². The number of ether oxygens (including phenoxy) is 3. The van der Waals surface area contributed by atoms with Gasteiger partial charge in [0.15, 0.2) is 0 Å². The van der Waals surface area contributed by atoms with E-state index in [-0.39, 0.29) is 0 Å². The molecule has 0 saturated heterocycles. The van der Waals surface area contributed by atoms with Gasteiger partial charge >= 0.3 is 13.5 Å². The van der Waals surface area contributed by atoms with Gasteiger partial charge in [-0.2, -0.15) is 0 Å². The minimum atomic E-state index is -0.412. The van der Waals surface area contributed by atoms with Crippen molar-refractivity contribution in [2.75, 3.05) is 13.7 Å². The molecule has 0 aromatic heterocycles. The van der Waals surface area contributed by atoms with Crippen molar-refractivity contribution in [1.29, 1.82) is 0 Å².